The molecule has 2 amide bonds. The van der Waals surface area contributed by atoms with Crippen LogP contribution in [0.5, 0.6) is 0 Å². The first-order chi connectivity index (χ1) is 13.0. The largest absolute Gasteiger partial charge is 0.464 e. The molecule has 1 aromatic carbocycles. The Labute approximate surface area is 159 Å². The molecule has 7 nitrogen and oxygen atoms in total. The van der Waals surface area contributed by atoms with Crippen molar-refractivity contribution in [1.82, 2.24) is 0 Å². The van der Waals surface area contributed by atoms with Crippen LogP contribution in [-0.4, -0.2) is 42.1 Å². The summed E-state index contributed by atoms with van der Waals surface area (Å²) in [5.41, 5.74) is -1.08. The maximum absolute atomic E-state index is 13.3. The first kappa shape index (κ1) is 17.8. The van der Waals surface area contributed by atoms with Crippen LogP contribution in [0, 0.1) is 11.8 Å². The number of hydrogen-bond donors (Lipinski definition) is 2. The highest BCUT2D eigenvalue weighted by molar-refractivity contribution is 7.10. The van der Waals surface area contributed by atoms with Crippen molar-refractivity contribution in [1.29, 1.82) is 0 Å². The average Bonchev–Trinajstić information content (AvgIpc) is 3.39. The maximum Gasteiger partial charge on any atom is 0.371 e. The zero-order valence-corrected chi connectivity index (χ0v) is 15.4. The fourth-order valence-electron chi connectivity index (χ4n) is 4.29. The number of nitrogens with zero attached hydrogens (tertiary/aromatic N) is 1. The van der Waals surface area contributed by atoms with Gasteiger partial charge in [-0.1, -0.05) is 24.3 Å². The van der Waals surface area contributed by atoms with Crippen molar-refractivity contribution in [3.8, 4) is 0 Å². The zero-order valence-electron chi connectivity index (χ0n) is 14.6. The molecular formula is C19H19N2O5S+. The van der Waals surface area contributed by atoms with Gasteiger partial charge in [0.2, 0.25) is 17.4 Å². The van der Waals surface area contributed by atoms with E-state index in [2.05, 4.69) is 0 Å². The van der Waals surface area contributed by atoms with Crippen LogP contribution in [0.15, 0.2) is 47.8 Å². The Kier molecular flexibility index (Phi) is 4.33. The van der Waals surface area contributed by atoms with E-state index in [4.69, 9.17) is 4.74 Å². The van der Waals surface area contributed by atoms with Gasteiger partial charge in [-0.15, -0.1) is 11.3 Å². The number of quaternary nitrogens is 1. The number of aliphatic hydroxyl groups is 1. The SMILES string of the molecule is COC(=O)[C@@]1(CO)[NH2+][C@@H](c2cccs2)[C@H]2C(=O)N(c3ccccc3)C(=O)[C@H]21. The summed E-state index contributed by atoms with van der Waals surface area (Å²) >= 11 is 1.45. The topological polar surface area (TPSA) is 101 Å². The number of ether oxygens (including phenoxy) is 1. The lowest BCUT2D eigenvalue weighted by Gasteiger charge is -2.27. The molecule has 140 valence electrons. The number of hydrogen-bond acceptors (Lipinski definition) is 6. The molecule has 2 aromatic rings. The van der Waals surface area contributed by atoms with Crippen LogP contribution < -0.4 is 10.2 Å². The number of methoxy groups -OCH3 is 1. The molecule has 2 fully saturated rings. The van der Waals surface area contributed by atoms with Gasteiger partial charge in [0.15, 0.2) is 0 Å². The Morgan fingerprint density at radius 3 is 2.56 bits per heavy atom. The van der Waals surface area contributed by atoms with Crippen molar-refractivity contribution in [2.45, 2.75) is 11.6 Å². The molecule has 3 heterocycles. The fourth-order valence-corrected chi connectivity index (χ4v) is 5.14. The second kappa shape index (κ2) is 6.56. The Morgan fingerprint density at radius 2 is 1.96 bits per heavy atom. The van der Waals surface area contributed by atoms with E-state index in [1.807, 2.05) is 17.5 Å². The van der Waals surface area contributed by atoms with Crippen LogP contribution >= 0.6 is 11.3 Å². The van der Waals surface area contributed by atoms with Gasteiger partial charge in [-0.25, -0.2) is 9.69 Å². The third-order valence-corrected chi connectivity index (χ3v) is 6.46. The number of benzene rings is 1. The van der Waals surface area contributed by atoms with Crippen LogP contribution in [-0.2, 0) is 19.1 Å². The molecule has 2 aliphatic heterocycles. The van der Waals surface area contributed by atoms with Gasteiger partial charge in [-0.3, -0.25) is 9.59 Å². The molecule has 0 saturated carbocycles. The second-order valence-electron chi connectivity index (χ2n) is 6.75. The van der Waals surface area contributed by atoms with Crippen LogP contribution in [0.25, 0.3) is 0 Å². The molecule has 8 heteroatoms. The van der Waals surface area contributed by atoms with Crippen LogP contribution in [0.2, 0.25) is 0 Å². The predicted molar refractivity (Wildman–Crippen MR) is 96.7 cm³/mol. The van der Waals surface area contributed by atoms with Crippen LogP contribution in [0.4, 0.5) is 5.69 Å². The average molecular weight is 387 g/mol. The van der Waals surface area contributed by atoms with Gasteiger partial charge in [-0.2, -0.15) is 0 Å². The molecular weight excluding hydrogens is 368 g/mol. The number of aliphatic hydroxyl groups excluding tert-OH is 1. The number of esters is 1. The van der Waals surface area contributed by atoms with Crippen molar-refractivity contribution < 1.29 is 29.5 Å². The molecule has 4 atom stereocenters. The minimum Gasteiger partial charge on any atom is -0.464 e. The van der Waals surface area contributed by atoms with Crippen molar-refractivity contribution in [2.75, 3.05) is 18.6 Å². The summed E-state index contributed by atoms with van der Waals surface area (Å²) in [6, 6.07) is 11.9. The number of para-hydroxylation sites is 1. The summed E-state index contributed by atoms with van der Waals surface area (Å²) in [5.74, 6) is -3.27. The van der Waals surface area contributed by atoms with Gasteiger partial charge in [0, 0.05) is 0 Å². The maximum atomic E-state index is 13.3. The molecule has 0 radical (unpaired) electrons. The Bertz CT molecular complexity index is 885. The van der Waals surface area contributed by atoms with Crippen LogP contribution in [0.1, 0.15) is 10.9 Å². The zero-order chi connectivity index (χ0) is 19.2. The summed E-state index contributed by atoms with van der Waals surface area (Å²) in [7, 11) is 1.22. The molecule has 0 bridgehead atoms. The highest BCUT2D eigenvalue weighted by atomic mass is 32.1. The summed E-state index contributed by atoms with van der Waals surface area (Å²) in [5, 5.41) is 13.6. The van der Waals surface area contributed by atoms with Gasteiger partial charge in [0.05, 0.1) is 17.7 Å². The number of anilines is 1. The third-order valence-electron chi connectivity index (χ3n) is 5.48. The van der Waals surface area contributed by atoms with Crippen molar-refractivity contribution in [3.05, 3.63) is 52.7 Å². The molecule has 0 unspecified atom stereocenters. The molecule has 1 aromatic heterocycles. The molecule has 2 saturated heterocycles. The number of carbonyl (C=O) groups excluding carboxylic acids is 3. The number of carbonyl (C=O) groups is 3. The van der Waals surface area contributed by atoms with Crippen LogP contribution in [0.3, 0.4) is 0 Å². The Morgan fingerprint density at radius 1 is 1.22 bits per heavy atom. The quantitative estimate of drug-likeness (QED) is 0.572. The first-order valence-electron chi connectivity index (χ1n) is 8.56. The van der Waals surface area contributed by atoms with E-state index in [1.165, 1.54) is 18.4 Å². The molecule has 3 N–H and O–H groups in total. The van der Waals surface area contributed by atoms with E-state index < -0.39 is 41.9 Å². The van der Waals surface area contributed by atoms with E-state index in [0.717, 1.165) is 9.78 Å². The predicted octanol–water partition coefficient (Wildman–Crippen LogP) is 0.0761. The lowest BCUT2D eigenvalue weighted by molar-refractivity contribution is -0.735. The Balaban J connectivity index is 1.85. The lowest BCUT2D eigenvalue weighted by atomic mass is 9.80. The molecule has 0 aliphatic carbocycles. The van der Waals surface area contributed by atoms with Crippen molar-refractivity contribution >= 4 is 34.8 Å². The normalized spacial score (nSPS) is 29.9. The van der Waals surface area contributed by atoms with Crippen molar-refractivity contribution in [3.63, 3.8) is 0 Å². The summed E-state index contributed by atoms with van der Waals surface area (Å²) in [6.45, 7) is -0.593. The van der Waals surface area contributed by atoms with E-state index >= 15 is 0 Å². The summed E-state index contributed by atoms with van der Waals surface area (Å²) < 4.78 is 4.92. The summed E-state index contributed by atoms with van der Waals surface area (Å²) in [4.78, 5) is 41.2. The number of amides is 2. The van der Waals surface area contributed by atoms with E-state index in [9.17, 15) is 19.5 Å². The smallest absolute Gasteiger partial charge is 0.371 e. The van der Waals surface area contributed by atoms with Gasteiger partial charge >= 0.3 is 5.97 Å². The minimum absolute atomic E-state index is 0.356. The Hall–Kier alpha value is -2.55. The fraction of sp³-hybridized carbons (Fsp3) is 0.316. The molecule has 2 aliphatic rings. The highest BCUT2D eigenvalue weighted by Gasteiger charge is 2.72. The van der Waals surface area contributed by atoms with Gasteiger partial charge in [0.1, 0.15) is 24.5 Å². The van der Waals surface area contributed by atoms with Gasteiger partial charge < -0.3 is 15.2 Å². The van der Waals surface area contributed by atoms with E-state index in [-0.39, 0.29) is 5.91 Å². The number of imide groups is 1. The highest BCUT2D eigenvalue weighted by Crippen LogP contribution is 2.46. The molecule has 4 rings (SSSR count). The molecule has 27 heavy (non-hydrogen) atoms. The number of thiophene rings is 1. The second-order valence-corrected chi connectivity index (χ2v) is 7.73. The first-order valence-corrected chi connectivity index (χ1v) is 9.44. The van der Waals surface area contributed by atoms with Gasteiger partial charge in [0.25, 0.3) is 0 Å². The standard InChI is InChI=1S/C19H18N2O5S/c1-26-18(25)19(10-22)14-13(15(20-19)12-8-5-9-27-12)16(23)21(17(14)24)11-6-3-2-4-7-11/h2-9,13-15,20,22H,10H2,1H3/p+1/t13-,14-,15-,19-/m0/s1. The van der Waals surface area contributed by atoms with Crippen molar-refractivity contribution in [2.24, 2.45) is 11.8 Å². The number of rotatable bonds is 4. The lowest BCUT2D eigenvalue weighted by Crippen LogP contribution is -2.99. The molecule has 0 spiro atoms. The van der Waals surface area contributed by atoms with E-state index in [1.54, 1.807) is 35.6 Å². The number of fused-ring (bicyclic) bond motifs is 1. The minimum atomic E-state index is -1.54. The third kappa shape index (κ3) is 2.44. The summed E-state index contributed by atoms with van der Waals surface area (Å²) in [6.07, 6.45) is 0. The van der Waals surface area contributed by atoms with Gasteiger partial charge in [-0.05, 0) is 23.6 Å². The number of nitrogens with two attached hydrogens (primary N) is 1. The monoisotopic (exact) mass is 387 g/mol. The van der Waals surface area contributed by atoms with E-state index in [0.29, 0.717) is 5.69 Å².